The average Bonchev–Trinajstić information content (AvgIpc) is 2.71. The molecule has 2 aromatic rings. The number of nitrogens with zero attached hydrogens (tertiary/aromatic N) is 2. The van der Waals surface area contributed by atoms with Crippen LogP contribution in [0.3, 0.4) is 0 Å². The van der Waals surface area contributed by atoms with Crippen molar-refractivity contribution in [3.8, 4) is 0 Å². The lowest BCUT2D eigenvalue weighted by atomic mass is 10.0. The van der Waals surface area contributed by atoms with Crippen LogP contribution in [0, 0.1) is 6.92 Å². The Morgan fingerprint density at radius 1 is 1.42 bits per heavy atom. The molecule has 1 aromatic heterocycles. The summed E-state index contributed by atoms with van der Waals surface area (Å²) in [6.45, 7) is 6.06. The summed E-state index contributed by atoms with van der Waals surface area (Å²) in [5.41, 5.74) is 2.85. The summed E-state index contributed by atoms with van der Waals surface area (Å²) in [6.07, 6.45) is 2.09. The van der Waals surface area contributed by atoms with Gasteiger partial charge in [0.1, 0.15) is 5.69 Å². The smallest absolute Gasteiger partial charge is 0.186 e. The standard InChI is InChI=1S/C15H17BrN2O/c1-10(2)18-15(13(16)9-17-18)14(19)8-12-6-4-5-11(3)7-12/h4-7,9-10H,8H2,1-3H3. The summed E-state index contributed by atoms with van der Waals surface area (Å²) in [4.78, 5) is 12.4. The van der Waals surface area contributed by atoms with Crippen molar-refractivity contribution >= 4 is 21.7 Å². The van der Waals surface area contributed by atoms with Gasteiger partial charge in [0, 0.05) is 12.5 Å². The van der Waals surface area contributed by atoms with E-state index < -0.39 is 0 Å². The molecule has 3 nitrogen and oxygen atoms in total. The third-order valence-corrected chi connectivity index (χ3v) is 3.53. The number of hydrogen-bond acceptors (Lipinski definition) is 2. The minimum absolute atomic E-state index is 0.0867. The number of carbonyl (C=O) groups is 1. The Bertz CT molecular complexity index is 602. The first-order chi connectivity index (χ1) is 8.99. The van der Waals surface area contributed by atoms with Crippen molar-refractivity contribution in [2.24, 2.45) is 0 Å². The summed E-state index contributed by atoms with van der Waals surface area (Å²) in [6, 6.07) is 8.20. The Morgan fingerprint density at radius 3 is 2.79 bits per heavy atom. The highest BCUT2D eigenvalue weighted by Gasteiger charge is 2.18. The van der Waals surface area contributed by atoms with Gasteiger partial charge in [-0.2, -0.15) is 5.10 Å². The number of aryl methyl sites for hydroxylation is 1. The van der Waals surface area contributed by atoms with Crippen LogP contribution >= 0.6 is 15.9 Å². The maximum absolute atomic E-state index is 12.4. The first kappa shape index (κ1) is 14.0. The quantitative estimate of drug-likeness (QED) is 0.799. The SMILES string of the molecule is Cc1cccc(CC(=O)c2c(Br)cnn2C(C)C)c1. The zero-order valence-electron chi connectivity index (χ0n) is 11.4. The first-order valence-electron chi connectivity index (χ1n) is 6.30. The van der Waals surface area contributed by atoms with Gasteiger partial charge in [-0.3, -0.25) is 9.48 Å². The van der Waals surface area contributed by atoms with E-state index in [0.717, 1.165) is 10.0 Å². The zero-order valence-corrected chi connectivity index (χ0v) is 12.9. The maximum atomic E-state index is 12.4. The Morgan fingerprint density at radius 2 is 2.16 bits per heavy atom. The third-order valence-electron chi connectivity index (χ3n) is 2.95. The molecule has 0 amide bonds. The van der Waals surface area contributed by atoms with E-state index in [2.05, 4.69) is 21.0 Å². The van der Waals surface area contributed by atoms with Gasteiger partial charge in [-0.05, 0) is 42.3 Å². The highest BCUT2D eigenvalue weighted by atomic mass is 79.9. The Hall–Kier alpha value is -1.42. The van der Waals surface area contributed by atoms with Gasteiger partial charge in [-0.25, -0.2) is 0 Å². The lowest BCUT2D eigenvalue weighted by Gasteiger charge is -2.10. The van der Waals surface area contributed by atoms with Crippen LogP contribution in [0.2, 0.25) is 0 Å². The molecule has 0 aliphatic rings. The van der Waals surface area contributed by atoms with Crippen molar-refractivity contribution < 1.29 is 4.79 Å². The summed E-state index contributed by atoms with van der Waals surface area (Å²) < 4.78 is 2.53. The molecule has 0 spiro atoms. The van der Waals surface area contributed by atoms with Crippen molar-refractivity contribution in [3.63, 3.8) is 0 Å². The number of hydrogen-bond donors (Lipinski definition) is 0. The molecule has 0 N–H and O–H groups in total. The van der Waals surface area contributed by atoms with Gasteiger partial charge in [0.25, 0.3) is 0 Å². The summed E-state index contributed by atoms with van der Waals surface area (Å²) >= 11 is 3.41. The lowest BCUT2D eigenvalue weighted by Crippen LogP contribution is -2.14. The summed E-state index contributed by atoms with van der Waals surface area (Å²) in [5, 5.41) is 4.24. The van der Waals surface area contributed by atoms with Crippen molar-refractivity contribution in [1.29, 1.82) is 0 Å². The normalized spacial score (nSPS) is 11.0. The minimum Gasteiger partial charge on any atom is -0.292 e. The Balaban J connectivity index is 2.28. The number of halogens is 1. The molecule has 0 aliphatic carbocycles. The number of rotatable bonds is 4. The topological polar surface area (TPSA) is 34.9 Å². The van der Waals surface area contributed by atoms with E-state index in [9.17, 15) is 4.79 Å². The summed E-state index contributed by atoms with van der Waals surface area (Å²) in [5.74, 6) is 0.0867. The van der Waals surface area contributed by atoms with E-state index in [0.29, 0.717) is 12.1 Å². The first-order valence-corrected chi connectivity index (χ1v) is 7.10. The van der Waals surface area contributed by atoms with Crippen LogP contribution in [0.4, 0.5) is 0 Å². The van der Waals surface area contributed by atoms with Gasteiger partial charge in [0.05, 0.1) is 10.7 Å². The molecule has 1 heterocycles. The molecule has 0 saturated heterocycles. The largest absolute Gasteiger partial charge is 0.292 e. The fourth-order valence-corrected chi connectivity index (χ4v) is 2.58. The van der Waals surface area contributed by atoms with Gasteiger partial charge in [-0.1, -0.05) is 29.8 Å². The minimum atomic E-state index is 0.0867. The zero-order chi connectivity index (χ0) is 14.0. The molecule has 0 bridgehead atoms. The molecule has 100 valence electrons. The second-order valence-electron chi connectivity index (χ2n) is 4.97. The average molecular weight is 321 g/mol. The monoisotopic (exact) mass is 320 g/mol. The molecule has 0 fully saturated rings. The van der Waals surface area contributed by atoms with Crippen molar-refractivity contribution in [2.75, 3.05) is 0 Å². The fraction of sp³-hybridized carbons (Fsp3) is 0.333. The molecule has 4 heteroatoms. The molecule has 0 atom stereocenters. The maximum Gasteiger partial charge on any atom is 0.186 e. The number of ketones is 1. The molecule has 0 aliphatic heterocycles. The molecule has 2 rings (SSSR count). The molecule has 0 saturated carbocycles. The van der Waals surface area contributed by atoms with Crippen LogP contribution in [0.5, 0.6) is 0 Å². The van der Waals surface area contributed by atoms with Crippen LogP contribution in [0.1, 0.15) is 41.5 Å². The molecule has 0 radical (unpaired) electrons. The number of benzene rings is 1. The van der Waals surface area contributed by atoms with Crippen LogP contribution in [0.25, 0.3) is 0 Å². The van der Waals surface area contributed by atoms with Gasteiger partial charge in [-0.15, -0.1) is 0 Å². The second kappa shape index (κ2) is 5.70. The number of carbonyl (C=O) groups excluding carboxylic acids is 1. The van der Waals surface area contributed by atoms with E-state index in [1.54, 1.807) is 10.9 Å². The number of Topliss-reactive ketones (excluding diaryl/α,β-unsaturated/α-hetero) is 1. The van der Waals surface area contributed by atoms with E-state index in [1.807, 2.05) is 45.0 Å². The van der Waals surface area contributed by atoms with Crippen molar-refractivity contribution in [1.82, 2.24) is 9.78 Å². The van der Waals surface area contributed by atoms with E-state index in [-0.39, 0.29) is 11.8 Å². The van der Waals surface area contributed by atoms with Crippen molar-refractivity contribution in [2.45, 2.75) is 33.2 Å². The van der Waals surface area contributed by atoms with Gasteiger partial charge in [0.2, 0.25) is 0 Å². The highest BCUT2D eigenvalue weighted by Crippen LogP contribution is 2.21. The molecule has 1 aromatic carbocycles. The van der Waals surface area contributed by atoms with E-state index >= 15 is 0 Å². The van der Waals surface area contributed by atoms with Crippen LogP contribution in [0.15, 0.2) is 34.9 Å². The predicted molar refractivity (Wildman–Crippen MR) is 79.5 cm³/mol. The van der Waals surface area contributed by atoms with Crippen LogP contribution in [-0.4, -0.2) is 15.6 Å². The van der Waals surface area contributed by atoms with Crippen LogP contribution in [-0.2, 0) is 6.42 Å². The molecular weight excluding hydrogens is 304 g/mol. The number of aromatic nitrogens is 2. The van der Waals surface area contributed by atoms with Crippen molar-refractivity contribution in [3.05, 3.63) is 51.8 Å². The third kappa shape index (κ3) is 3.13. The van der Waals surface area contributed by atoms with Crippen LogP contribution < -0.4 is 0 Å². The van der Waals surface area contributed by atoms with E-state index in [4.69, 9.17) is 0 Å². The van der Waals surface area contributed by atoms with E-state index in [1.165, 1.54) is 5.56 Å². The van der Waals surface area contributed by atoms with Gasteiger partial charge >= 0.3 is 0 Å². The van der Waals surface area contributed by atoms with Gasteiger partial charge in [0.15, 0.2) is 5.78 Å². The molecular formula is C15H17BrN2O. The fourth-order valence-electron chi connectivity index (χ4n) is 2.08. The second-order valence-corrected chi connectivity index (χ2v) is 5.82. The van der Waals surface area contributed by atoms with Gasteiger partial charge < -0.3 is 0 Å². The lowest BCUT2D eigenvalue weighted by molar-refractivity contribution is 0.0980. The highest BCUT2D eigenvalue weighted by molar-refractivity contribution is 9.10. The summed E-state index contributed by atoms with van der Waals surface area (Å²) in [7, 11) is 0. The Labute approximate surface area is 121 Å². The molecule has 19 heavy (non-hydrogen) atoms. The Kier molecular flexibility index (Phi) is 4.20. The molecule has 0 unspecified atom stereocenters. The predicted octanol–water partition coefficient (Wildman–Crippen LogP) is 3.96.